The quantitative estimate of drug-likeness (QED) is 0.762. The molecule has 0 atom stereocenters. The maximum absolute atomic E-state index is 13.9. The zero-order valence-electron chi connectivity index (χ0n) is 13.4. The van der Waals surface area contributed by atoms with E-state index in [1.807, 2.05) is 6.07 Å². The van der Waals surface area contributed by atoms with E-state index in [0.717, 1.165) is 4.88 Å². The number of rotatable bonds is 4. The molecule has 0 bridgehead atoms. The van der Waals surface area contributed by atoms with Crippen LogP contribution in [0.3, 0.4) is 0 Å². The highest BCUT2D eigenvalue weighted by atomic mass is 32.1. The van der Waals surface area contributed by atoms with Crippen molar-refractivity contribution in [3.05, 3.63) is 70.5 Å². The van der Waals surface area contributed by atoms with Crippen LogP contribution in [0.4, 0.5) is 10.1 Å². The molecule has 1 aromatic heterocycles. The lowest BCUT2D eigenvalue weighted by Crippen LogP contribution is -2.14. The minimum Gasteiger partial charge on any atom is -0.326 e. The van der Waals surface area contributed by atoms with Gasteiger partial charge in [0, 0.05) is 16.1 Å². The number of nitrogens with one attached hydrogen (secondary N) is 1. The average Bonchev–Trinajstić information content (AvgIpc) is 2.95. The zero-order chi connectivity index (χ0) is 17.8. The third-order valence-electron chi connectivity index (χ3n) is 3.59. The molecule has 0 aliphatic carbocycles. The van der Waals surface area contributed by atoms with Gasteiger partial charge >= 0.3 is 0 Å². The molecule has 0 saturated heterocycles. The lowest BCUT2D eigenvalue weighted by Gasteiger charge is -2.04. The molecular weight excluding hydrogens is 337 g/mol. The summed E-state index contributed by atoms with van der Waals surface area (Å²) in [5, 5.41) is 12.2. The molecular formula is C19H14FN3OS. The van der Waals surface area contributed by atoms with Crippen molar-refractivity contribution in [2.24, 2.45) is 0 Å². The van der Waals surface area contributed by atoms with E-state index in [0.29, 0.717) is 27.5 Å². The van der Waals surface area contributed by atoms with Crippen LogP contribution in [-0.4, -0.2) is 10.9 Å². The molecule has 3 aromatic rings. The smallest absolute Gasteiger partial charge is 0.229 e. The Morgan fingerprint density at radius 3 is 2.84 bits per heavy atom. The standard InChI is InChI=1S/C19H14FN3OS/c1-12-17(25-19(22-12)15-7-2-3-8-16(15)20)10-18(24)23-14-6-4-5-13(9-14)11-21/h2-9H,10H2,1H3,(H,23,24). The Balaban J connectivity index is 1.76. The van der Waals surface area contributed by atoms with Crippen molar-refractivity contribution >= 4 is 22.9 Å². The van der Waals surface area contributed by atoms with Crippen LogP contribution in [0.1, 0.15) is 16.1 Å². The van der Waals surface area contributed by atoms with Gasteiger partial charge in [-0.1, -0.05) is 18.2 Å². The molecule has 1 N–H and O–H groups in total. The molecule has 6 heteroatoms. The van der Waals surface area contributed by atoms with Gasteiger partial charge in [-0.3, -0.25) is 4.79 Å². The van der Waals surface area contributed by atoms with Crippen molar-refractivity contribution in [2.75, 3.05) is 5.32 Å². The Kier molecular flexibility index (Phi) is 4.87. The number of nitrogens with zero attached hydrogens (tertiary/aromatic N) is 2. The summed E-state index contributed by atoms with van der Waals surface area (Å²) in [6.45, 7) is 1.81. The molecule has 0 saturated carbocycles. The van der Waals surface area contributed by atoms with Gasteiger partial charge in [0.15, 0.2) is 0 Å². The lowest BCUT2D eigenvalue weighted by atomic mass is 10.2. The number of halogens is 1. The molecule has 2 aromatic carbocycles. The van der Waals surface area contributed by atoms with Crippen molar-refractivity contribution in [3.63, 3.8) is 0 Å². The van der Waals surface area contributed by atoms with Crippen LogP contribution >= 0.6 is 11.3 Å². The maximum Gasteiger partial charge on any atom is 0.229 e. The van der Waals surface area contributed by atoms with Gasteiger partial charge in [0.2, 0.25) is 5.91 Å². The van der Waals surface area contributed by atoms with Gasteiger partial charge in [-0.25, -0.2) is 9.37 Å². The van der Waals surface area contributed by atoms with Crippen LogP contribution in [0.25, 0.3) is 10.6 Å². The van der Waals surface area contributed by atoms with E-state index in [1.165, 1.54) is 17.4 Å². The van der Waals surface area contributed by atoms with Gasteiger partial charge in [-0.05, 0) is 37.3 Å². The molecule has 3 rings (SSSR count). The number of carbonyl (C=O) groups is 1. The summed E-state index contributed by atoms with van der Waals surface area (Å²) in [4.78, 5) is 17.4. The number of carbonyl (C=O) groups excluding carboxylic acids is 1. The number of hydrogen-bond acceptors (Lipinski definition) is 4. The van der Waals surface area contributed by atoms with Crippen LogP contribution in [-0.2, 0) is 11.2 Å². The van der Waals surface area contributed by atoms with E-state index < -0.39 is 0 Å². The monoisotopic (exact) mass is 351 g/mol. The maximum atomic E-state index is 13.9. The Hall–Kier alpha value is -3.04. The third-order valence-corrected chi connectivity index (χ3v) is 4.78. The number of hydrogen-bond donors (Lipinski definition) is 1. The predicted octanol–water partition coefficient (Wildman–Crippen LogP) is 4.31. The summed E-state index contributed by atoms with van der Waals surface area (Å²) in [5.74, 6) is -0.539. The zero-order valence-corrected chi connectivity index (χ0v) is 14.2. The van der Waals surface area contributed by atoms with Gasteiger partial charge in [0.25, 0.3) is 0 Å². The highest BCUT2D eigenvalue weighted by Crippen LogP contribution is 2.30. The molecule has 124 valence electrons. The number of nitriles is 1. The molecule has 0 unspecified atom stereocenters. The molecule has 1 amide bonds. The molecule has 0 fully saturated rings. The van der Waals surface area contributed by atoms with E-state index >= 15 is 0 Å². The Bertz CT molecular complexity index is 975. The normalized spacial score (nSPS) is 10.3. The van der Waals surface area contributed by atoms with E-state index in [4.69, 9.17) is 5.26 Å². The van der Waals surface area contributed by atoms with Gasteiger partial charge in [0.1, 0.15) is 10.8 Å². The number of aromatic nitrogens is 1. The summed E-state index contributed by atoms with van der Waals surface area (Å²) in [6, 6.07) is 15.2. The lowest BCUT2D eigenvalue weighted by molar-refractivity contribution is -0.115. The molecule has 0 spiro atoms. The van der Waals surface area contributed by atoms with Gasteiger partial charge < -0.3 is 5.32 Å². The van der Waals surface area contributed by atoms with Crippen LogP contribution in [0.2, 0.25) is 0 Å². The third kappa shape index (κ3) is 3.90. The minimum absolute atomic E-state index is 0.148. The molecule has 4 nitrogen and oxygen atoms in total. The summed E-state index contributed by atoms with van der Waals surface area (Å²) in [7, 11) is 0. The number of thiazole rings is 1. The van der Waals surface area contributed by atoms with Crippen molar-refractivity contribution in [3.8, 4) is 16.6 Å². The Morgan fingerprint density at radius 2 is 2.08 bits per heavy atom. The highest BCUT2D eigenvalue weighted by molar-refractivity contribution is 7.15. The van der Waals surface area contributed by atoms with Crippen LogP contribution in [0.15, 0.2) is 48.5 Å². The number of amides is 1. The minimum atomic E-state index is -0.333. The van der Waals surface area contributed by atoms with Crippen molar-refractivity contribution in [1.82, 2.24) is 4.98 Å². The Labute approximate surface area is 148 Å². The number of anilines is 1. The molecule has 0 aliphatic heterocycles. The van der Waals surface area contributed by atoms with Crippen LogP contribution in [0, 0.1) is 24.1 Å². The average molecular weight is 351 g/mol. The van der Waals surface area contributed by atoms with Crippen molar-refractivity contribution < 1.29 is 9.18 Å². The summed E-state index contributed by atoms with van der Waals surface area (Å²) in [5.41, 5.74) is 2.20. The molecule has 1 heterocycles. The fourth-order valence-electron chi connectivity index (χ4n) is 2.36. The molecule has 0 radical (unpaired) electrons. The van der Waals surface area contributed by atoms with E-state index in [9.17, 15) is 9.18 Å². The van der Waals surface area contributed by atoms with E-state index in [-0.39, 0.29) is 18.1 Å². The van der Waals surface area contributed by atoms with E-state index in [2.05, 4.69) is 10.3 Å². The topological polar surface area (TPSA) is 65.8 Å². The van der Waals surface area contributed by atoms with Crippen molar-refractivity contribution in [2.45, 2.75) is 13.3 Å². The summed E-state index contributed by atoms with van der Waals surface area (Å²) in [6.07, 6.45) is 0.148. The molecule has 0 aliphatic rings. The fourth-order valence-corrected chi connectivity index (χ4v) is 3.45. The van der Waals surface area contributed by atoms with Crippen LogP contribution < -0.4 is 5.32 Å². The Morgan fingerprint density at radius 1 is 1.28 bits per heavy atom. The predicted molar refractivity (Wildman–Crippen MR) is 95.7 cm³/mol. The largest absolute Gasteiger partial charge is 0.326 e. The van der Waals surface area contributed by atoms with Gasteiger partial charge in [-0.15, -0.1) is 11.3 Å². The van der Waals surface area contributed by atoms with Gasteiger partial charge in [-0.2, -0.15) is 5.26 Å². The second-order valence-electron chi connectivity index (χ2n) is 5.43. The number of benzene rings is 2. The molecule has 25 heavy (non-hydrogen) atoms. The second-order valence-corrected chi connectivity index (χ2v) is 6.51. The SMILES string of the molecule is Cc1nc(-c2ccccc2F)sc1CC(=O)Nc1cccc(C#N)c1. The van der Waals surface area contributed by atoms with Gasteiger partial charge in [0.05, 0.1) is 23.7 Å². The summed E-state index contributed by atoms with van der Waals surface area (Å²) >= 11 is 1.31. The first kappa shape index (κ1) is 16.8. The first-order chi connectivity index (χ1) is 12.1. The van der Waals surface area contributed by atoms with E-state index in [1.54, 1.807) is 49.4 Å². The first-order valence-electron chi connectivity index (χ1n) is 7.58. The fraction of sp³-hybridized carbons (Fsp3) is 0.105. The van der Waals surface area contributed by atoms with Crippen molar-refractivity contribution in [1.29, 1.82) is 5.26 Å². The number of aryl methyl sites for hydroxylation is 1. The summed E-state index contributed by atoms with van der Waals surface area (Å²) < 4.78 is 13.9. The van der Waals surface area contributed by atoms with Crippen LogP contribution in [0.5, 0.6) is 0 Å². The first-order valence-corrected chi connectivity index (χ1v) is 8.39. The second kappa shape index (κ2) is 7.24. The highest BCUT2D eigenvalue weighted by Gasteiger charge is 2.15.